The molecule has 3 heteroatoms. The minimum Gasteiger partial charge on any atom is -0.396 e. The van der Waals surface area contributed by atoms with Crippen molar-refractivity contribution in [1.29, 1.82) is 0 Å². The topological polar surface area (TPSA) is 49.7 Å². The van der Waals surface area contributed by atoms with Gasteiger partial charge in [0.05, 0.1) is 12.2 Å². The SMILES string of the molecule is CO[C@H]1C2CC=C[C@@]2(C)CCC1[C@@]1(C)CC[C@H](O)C[C@@H]1CCO. The highest BCUT2D eigenvalue weighted by Crippen LogP contribution is 2.59. The molecule has 0 radical (unpaired) electrons. The number of fused-ring (bicyclic) bond motifs is 1. The van der Waals surface area contributed by atoms with Gasteiger partial charge in [0, 0.05) is 13.7 Å². The minimum absolute atomic E-state index is 0.173. The first-order valence-electron chi connectivity index (χ1n) is 9.44. The van der Waals surface area contributed by atoms with E-state index in [0.717, 1.165) is 32.1 Å². The summed E-state index contributed by atoms with van der Waals surface area (Å²) in [7, 11) is 1.88. The summed E-state index contributed by atoms with van der Waals surface area (Å²) < 4.78 is 6.09. The van der Waals surface area contributed by atoms with Gasteiger partial charge in [-0.3, -0.25) is 0 Å². The van der Waals surface area contributed by atoms with Crippen LogP contribution in [0.25, 0.3) is 0 Å². The van der Waals surface area contributed by atoms with Gasteiger partial charge in [0.2, 0.25) is 0 Å². The Morgan fingerprint density at radius 2 is 1.96 bits per heavy atom. The molecule has 0 heterocycles. The highest BCUT2D eigenvalue weighted by Gasteiger charge is 2.54. The van der Waals surface area contributed by atoms with E-state index in [2.05, 4.69) is 26.0 Å². The van der Waals surface area contributed by atoms with Gasteiger partial charge in [-0.1, -0.05) is 26.0 Å². The van der Waals surface area contributed by atoms with Crippen molar-refractivity contribution in [2.75, 3.05) is 13.7 Å². The van der Waals surface area contributed by atoms with Crippen LogP contribution < -0.4 is 0 Å². The van der Waals surface area contributed by atoms with Gasteiger partial charge < -0.3 is 14.9 Å². The first-order chi connectivity index (χ1) is 10.9. The predicted molar refractivity (Wildman–Crippen MR) is 92.0 cm³/mol. The first-order valence-corrected chi connectivity index (χ1v) is 9.44. The van der Waals surface area contributed by atoms with Crippen LogP contribution in [0.15, 0.2) is 12.2 Å². The van der Waals surface area contributed by atoms with E-state index in [4.69, 9.17) is 4.74 Å². The van der Waals surface area contributed by atoms with Crippen molar-refractivity contribution < 1.29 is 14.9 Å². The average Bonchev–Trinajstić information content (AvgIpc) is 2.92. The number of aliphatic hydroxyl groups is 2. The van der Waals surface area contributed by atoms with Crippen molar-refractivity contribution >= 4 is 0 Å². The average molecular weight is 322 g/mol. The fraction of sp³-hybridized carbons (Fsp3) is 0.900. The Balaban J connectivity index is 1.86. The van der Waals surface area contributed by atoms with E-state index in [-0.39, 0.29) is 18.1 Å². The lowest BCUT2D eigenvalue weighted by atomic mass is 9.51. The molecule has 2 unspecified atom stereocenters. The Labute approximate surface area is 141 Å². The molecular weight excluding hydrogens is 288 g/mol. The van der Waals surface area contributed by atoms with E-state index in [1.807, 2.05) is 7.11 Å². The molecular formula is C20H34O3. The lowest BCUT2D eigenvalue weighted by Crippen LogP contribution is -2.53. The molecule has 0 aromatic rings. The zero-order chi connectivity index (χ0) is 16.7. The molecule has 0 aromatic carbocycles. The summed E-state index contributed by atoms with van der Waals surface area (Å²) in [6, 6.07) is 0. The van der Waals surface area contributed by atoms with Crippen LogP contribution in [-0.2, 0) is 4.74 Å². The Hall–Kier alpha value is -0.380. The summed E-state index contributed by atoms with van der Waals surface area (Å²) in [6.45, 7) is 5.02. The van der Waals surface area contributed by atoms with E-state index in [0.29, 0.717) is 29.3 Å². The number of hydrogen-bond acceptors (Lipinski definition) is 3. The molecule has 3 aliphatic carbocycles. The highest BCUT2D eigenvalue weighted by molar-refractivity contribution is 5.15. The van der Waals surface area contributed by atoms with Crippen LogP contribution in [0, 0.1) is 28.6 Å². The summed E-state index contributed by atoms with van der Waals surface area (Å²) >= 11 is 0. The molecule has 7 atom stereocenters. The van der Waals surface area contributed by atoms with E-state index in [1.165, 1.54) is 12.8 Å². The monoisotopic (exact) mass is 322 g/mol. The standard InChI is InChI=1S/C20H34O3/c1-19-9-4-5-16(19)18(23-3)17(7-10-19)20(2)11-6-15(22)13-14(20)8-12-21/h4,9,14-18,21-22H,5-8,10-13H2,1-3H3/t14-,15-,16?,17?,18-,19-,20-/m0/s1. The summed E-state index contributed by atoms with van der Waals surface area (Å²) in [5.74, 6) is 1.52. The third kappa shape index (κ3) is 2.89. The van der Waals surface area contributed by atoms with Gasteiger partial charge in [0.15, 0.2) is 0 Å². The quantitative estimate of drug-likeness (QED) is 0.778. The zero-order valence-electron chi connectivity index (χ0n) is 15.0. The molecule has 0 saturated heterocycles. The maximum atomic E-state index is 10.1. The fourth-order valence-electron chi connectivity index (χ4n) is 6.09. The Morgan fingerprint density at radius 3 is 2.65 bits per heavy atom. The fourth-order valence-corrected chi connectivity index (χ4v) is 6.09. The van der Waals surface area contributed by atoms with Gasteiger partial charge >= 0.3 is 0 Å². The number of ether oxygens (including phenoxy) is 1. The summed E-state index contributed by atoms with van der Waals surface area (Å²) in [5.41, 5.74) is 0.473. The molecule has 0 aliphatic heterocycles. The molecule has 3 aliphatic rings. The highest BCUT2D eigenvalue weighted by atomic mass is 16.5. The minimum atomic E-state index is -0.192. The molecule has 3 nitrogen and oxygen atoms in total. The molecule has 23 heavy (non-hydrogen) atoms. The van der Waals surface area contributed by atoms with Crippen LogP contribution >= 0.6 is 0 Å². The number of rotatable bonds is 4. The number of aliphatic hydroxyl groups excluding tert-OH is 2. The Kier molecular flexibility index (Phi) is 4.93. The molecule has 2 fully saturated rings. The number of methoxy groups -OCH3 is 1. The van der Waals surface area contributed by atoms with E-state index >= 15 is 0 Å². The summed E-state index contributed by atoms with van der Waals surface area (Å²) in [6.07, 6.45) is 12.0. The predicted octanol–water partition coefficient (Wildman–Crippen LogP) is 3.54. The third-order valence-electron chi connectivity index (χ3n) is 7.63. The molecule has 0 bridgehead atoms. The van der Waals surface area contributed by atoms with Gasteiger partial charge in [-0.25, -0.2) is 0 Å². The lowest BCUT2D eigenvalue weighted by Gasteiger charge is -2.56. The third-order valence-corrected chi connectivity index (χ3v) is 7.63. The van der Waals surface area contributed by atoms with Crippen LogP contribution in [0.3, 0.4) is 0 Å². The first kappa shape index (κ1) is 17.4. The molecule has 0 spiro atoms. The van der Waals surface area contributed by atoms with Gasteiger partial charge in [0.1, 0.15) is 0 Å². The maximum Gasteiger partial charge on any atom is 0.0644 e. The van der Waals surface area contributed by atoms with Gasteiger partial charge in [-0.15, -0.1) is 0 Å². The molecule has 132 valence electrons. The van der Waals surface area contributed by atoms with E-state index in [9.17, 15) is 10.2 Å². The van der Waals surface area contributed by atoms with Crippen molar-refractivity contribution in [3.05, 3.63) is 12.2 Å². The van der Waals surface area contributed by atoms with Crippen LogP contribution in [0.4, 0.5) is 0 Å². The summed E-state index contributed by atoms with van der Waals surface area (Å²) in [5, 5.41) is 19.7. The van der Waals surface area contributed by atoms with Crippen molar-refractivity contribution in [2.24, 2.45) is 28.6 Å². The van der Waals surface area contributed by atoms with E-state index < -0.39 is 0 Å². The largest absolute Gasteiger partial charge is 0.396 e. The number of allylic oxidation sites excluding steroid dienone is 2. The Morgan fingerprint density at radius 1 is 1.17 bits per heavy atom. The van der Waals surface area contributed by atoms with Crippen LogP contribution in [0.2, 0.25) is 0 Å². The van der Waals surface area contributed by atoms with Gasteiger partial charge in [0.25, 0.3) is 0 Å². The number of hydrogen-bond donors (Lipinski definition) is 2. The van der Waals surface area contributed by atoms with Crippen LogP contribution in [0.5, 0.6) is 0 Å². The molecule has 0 aromatic heterocycles. The van der Waals surface area contributed by atoms with E-state index in [1.54, 1.807) is 0 Å². The van der Waals surface area contributed by atoms with Gasteiger partial charge in [-0.2, -0.15) is 0 Å². The van der Waals surface area contributed by atoms with Gasteiger partial charge in [-0.05, 0) is 73.5 Å². The normalized spacial score (nSPS) is 50.0. The molecule has 2 saturated carbocycles. The van der Waals surface area contributed by atoms with Crippen molar-refractivity contribution in [3.8, 4) is 0 Å². The molecule has 0 amide bonds. The second-order valence-electron chi connectivity index (χ2n) is 8.74. The van der Waals surface area contributed by atoms with Crippen molar-refractivity contribution in [1.82, 2.24) is 0 Å². The second-order valence-corrected chi connectivity index (χ2v) is 8.74. The van der Waals surface area contributed by atoms with Crippen LogP contribution in [-0.4, -0.2) is 36.1 Å². The van der Waals surface area contributed by atoms with Crippen molar-refractivity contribution in [3.63, 3.8) is 0 Å². The lowest BCUT2D eigenvalue weighted by molar-refractivity contribution is -0.134. The second kappa shape index (κ2) is 6.50. The molecule has 2 N–H and O–H groups in total. The van der Waals surface area contributed by atoms with Crippen molar-refractivity contribution in [2.45, 2.75) is 71.0 Å². The maximum absolute atomic E-state index is 10.1. The Bertz CT molecular complexity index is 448. The molecule has 3 rings (SSSR count). The zero-order valence-corrected chi connectivity index (χ0v) is 15.0. The van der Waals surface area contributed by atoms with Crippen LogP contribution in [0.1, 0.15) is 58.8 Å². The smallest absolute Gasteiger partial charge is 0.0644 e. The summed E-state index contributed by atoms with van der Waals surface area (Å²) in [4.78, 5) is 0.